The highest BCUT2D eigenvalue weighted by molar-refractivity contribution is 8.00. The first-order chi connectivity index (χ1) is 12.8. The number of aryl methyl sites for hydroxylation is 1. The molecule has 136 valence electrons. The minimum atomic E-state index is 0.458. The van der Waals surface area contributed by atoms with Gasteiger partial charge in [-0.2, -0.15) is 0 Å². The summed E-state index contributed by atoms with van der Waals surface area (Å²) in [6.07, 6.45) is 7.86. The molecule has 1 unspecified atom stereocenters. The molecule has 4 nitrogen and oxygen atoms in total. The maximum Gasteiger partial charge on any atom is 0.118 e. The number of benzene rings is 2. The first-order valence-corrected chi connectivity index (χ1v) is 9.54. The second kappa shape index (κ2) is 9.34. The van der Waals surface area contributed by atoms with E-state index in [9.17, 15) is 0 Å². The van der Waals surface area contributed by atoms with Gasteiger partial charge in [-0.15, -0.1) is 11.8 Å². The highest BCUT2D eigenvalue weighted by atomic mass is 32.2. The summed E-state index contributed by atoms with van der Waals surface area (Å²) in [5.74, 6) is 1.79. The van der Waals surface area contributed by atoms with E-state index in [4.69, 9.17) is 9.47 Å². The molecule has 0 aliphatic heterocycles. The third kappa shape index (κ3) is 5.30. The molecule has 1 heterocycles. The fraction of sp³-hybridized carbons (Fsp3) is 0.286. The van der Waals surface area contributed by atoms with E-state index in [0.717, 1.165) is 30.9 Å². The molecule has 0 radical (unpaired) electrons. The number of hydrogen-bond acceptors (Lipinski definition) is 4. The van der Waals surface area contributed by atoms with Gasteiger partial charge in [0.2, 0.25) is 0 Å². The number of imidazole rings is 1. The Bertz CT molecular complexity index is 771. The van der Waals surface area contributed by atoms with Gasteiger partial charge in [0, 0.05) is 29.1 Å². The predicted molar refractivity (Wildman–Crippen MR) is 106 cm³/mol. The minimum absolute atomic E-state index is 0.458. The molecular weight excluding hydrogens is 344 g/mol. The quantitative estimate of drug-likeness (QED) is 0.513. The van der Waals surface area contributed by atoms with E-state index in [1.165, 1.54) is 10.5 Å². The van der Waals surface area contributed by atoms with Crippen LogP contribution in [0.25, 0.3) is 0 Å². The molecule has 1 atom stereocenters. The Balaban J connectivity index is 1.65. The van der Waals surface area contributed by atoms with Gasteiger partial charge in [0.1, 0.15) is 11.5 Å². The molecule has 3 aromatic rings. The summed E-state index contributed by atoms with van der Waals surface area (Å²) in [6, 6.07) is 16.6. The highest BCUT2D eigenvalue weighted by Crippen LogP contribution is 2.29. The number of thioether (sulfide) groups is 1. The third-order valence-corrected chi connectivity index (χ3v) is 5.51. The van der Waals surface area contributed by atoms with Crippen LogP contribution < -0.4 is 9.47 Å². The van der Waals surface area contributed by atoms with E-state index in [0.29, 0.717) is 5.25 Å². The molecule has 2 aromatic carbocycles. The molecule has 0 N–H and O–H groups in total. The molecule has 0 fully saturated rings. The third-order valence-electron chi connectivity index (χ3n) is 4.25. The lowest BCUT2D eigenvalue weighted by atomic mass is 10.1. The topological polar surface area (TPSA) is 36.3 Å². The number of methoxy groups -OCH3 is 2. The average molecular weight is 369 g/mol. The summed E-state index contributed by atoms with van der Waals surface area (Å²) >= 11 is 1.90. The molecule has 1 aromatic heterocycles. The van der Waals surface area contributed by atoms with Crippen LogP contribution in [0.5, 0.6) is 11.5 Å². The van der Waals surface area contributed by atoms with Gasteiger partial charge in [-0.05, 0) is 54.8 Å². The Kier molecular flexibility index (Phi) is 6.61. The standard InChI is InChI=1S/C21H24N2O2S/c1-24-18-6-3-17(4-7-18)5-10-21(15-23-14-13-22-16-23)26-20-11-8-19(25-2)9-12-20/h3-4,6-9,11-14,16,21H,5,10,15H2,1-2H3. The minimum Gasteiger partial charge on any atom is -0.497 e. The van der Waals surface area contributed by atoms with E-state index < -0.39 is 0 Å². The van der Waals surface area contributed by atoms with Crippen LogP contribution in [-0.4, -0.2) is 29.0 Å². The molecule has 5 heteroatoms. The van der Waals surface area contributed by atoms with Crippen LogP contribution in [-0.2, 0) is 13.0 Å². The fourth-order valence-electron chi connectivity index (χ4n) is 2.78. The molecule has 3 rings (SSSR count). The predicted octanol–water partition coefficient (Wildman–Crippen LogP) is 4.69. The van der Waals surface area contributed by atoms with Crippen molar-refractivity contribution < 1.29 is 9.47 Å². The van der Waals surface area contributed by atoms with Crippen molar-refractivity contribution in [3.63, 3.8) is 0 Å². The van der Waals surface area contributed by atoms with Crippen LogP contribution in [0.4, 0.5) is 0 Å². The Morgan fingerprint density at radius 3 is 2.19 bits per heavy atom. The number of rotatable bonds is 9. The lowest BCUT2D eigenvalue weighted by Gasteiger charge is -2.17. The summed E-state index contributed by atoms with van der Waals surface area (Å²) in [6.45, 7) is 0.937. The van der Waals surface area contributed by atoms with E-state index in [2.05, 4.69) is 33.8 Å². The number of hydrogen-bond donors (Lipinski definition) is 0. The van der Waals surface area contributed by atoms with Crippen LogP contribution in [0.15, 0.2) is 72.1 Å². The molecule has 26 heavy (non-hydrogen) atoms. The van der Waals surface area contributed by atoms with Crippen LogP contribution in [0.1, 0.15) is 12.0 Å². The summed E-state index contributed by atoms with van der Waals surface area (Å²) in [7, 11) is 3.39. The summed E-state index contributed by atoms with van der Waals surface area (Å²) in [5.41, 5.74) is 1.33. The van der Waals surface area contributed by atoms with Crippen molar-refractivity contribution >= 4 is 11.8 Å². The Labute approximate surface area is 159 Å². The van der Waals surface area contributed by atoms with Crippen LogP contribution >= 0.6 is 11.8 Å². The zero-order valence-corrected chi connectivity index (χ0v) is 16.0. The smallest absolute Gasteiger partial charge is 0.118 e. The highest BCUT2D eigenvalue weighted by Gasteiger charge is 2.12. The van der Waals surface area contributed by atoms with Crippen molar-refractivity contribution in [1.82, 2.24) is 9.55 Å². The molecule has 0 aliphatic rings. The molecule has 0 aliphatic carbocycles. The van der Waals surface area contributed by atoms with Crippen LogP contribution in [0.3, 0.4) is 0 Å². The van der Waals surface area contributed by atoms with E-state index >= 15 is 0 Å². The van der Waals surface area contributed by atoms with E-state index in [-0.39, 0.29) is 0 Å². The summed E-state index contributed by atoms with van der Waals surface area (Å²) in [4.78, 5) is 5.42. The Hall–Kier alpha value is -2.40. The monoisotopic (exact) mass is 368 g/mol. The molecule has 0 amide bonds. The molecule has 0 spiro atoms. The lowest BCUT2D eigenvalue weighted by Crippen LogP contribution is -2.13. The molecular formula is C21H24N2O2S. The molecule has 0 saturated heterocycles. The second-order valence-electron chi connectivity index (χ2n) is 6.06. The first kappa shape index (κ1) is 18.4. The fourth-order valence-corrected chi connectivity index (χ4v) is 3.94. The normalized spacial score (nSPS) is 11.9. The first-order valence-electron chi connectivity index (χ1n) is 8.66. The zero-order valence-electron chi connectivity index (χ0n) is 15.2. The molecule has 0 bridgehead atoms. The van der Waals surface area contributed by atoms with Crippen LogP contribution in [0, 0.1) is 0 Å². The van der Waals surface area contributed by atoms with Gasteiger partial charge in [0.15, 0.2) is 0 Å². The van der Waals surface area contributed by atoms with Crippen molar-refractivity contribution in [2.75, 3.05) is 14.2 Å². The van der Waals surface area contributed by atoms with Gasteiger partial charge in [-0.25, -0.2) is 4.98 Å². The van der Waals surface area contributed by atoms with Gasteiger partial charge in [0.05, 0.1) is 20.5 Å². The van der Waals surface area contributed by atoms with Crippen molar-refractivity contribution in [1.29, 1.82) is 0 Å². The maximum atomic E-state index is 5.25. The largest absolute Gasteiger partial charge is 0.497 e. The van der Waals surface area contributed by atoms with Crippen molar-refractivity contribution in [3.8, 4) is 11.5 Å². The molecule has 0 saturated carbocycles. The second-order valence-corrected chi connectivity index (χ2v) is 7.44. The number of nitrogens with zero attached hydrogens (tertiary/aromatic N) is 2. The van der Waals surface area contributed by atoms with Crippen molar-refractivity contribution in [2.24, 2.45) is 0 Å². The van der Waals surface area contributed by atoms with Gasteiger partial charge in [-0.1, -0.05) is 12.1 Å². The van der Waals surface area contributed by atoms with Crippen LogP contribution in [0.2, 0.25) is 0 Å². The van der Waals surface area contributed by atoms with Gasteiger partial charge in [-0.3, -0.25) is 0 Å². The number of aromatic nitrogens is 2. The Morgan fingerprint density at radius 1 is 0.962 bits per heavy atom. The Morgan fingerprint density at radius 2 is 1.62 bits per heavy atom. The number of ether oxygens (including phenoxy) is 2. The lowest BCUT2D eigenvalue weighted by molar-refractivity contribution is 0.414. The van der Waals surface area contributed by atoms with Crippen molar-refractivity contribution in [3.05, 3.63) is 72.8 Å². The van der Waals surface area contributed by atoms with E-state index in [1.54, 1.807) is 14.2 Å². The summed E-state index contributed by atoms with van der Waals surface area (Å²) < 4.78 is 12.6. The van der Waals surface area contributed by atoms with E-state index in [1.807, 2.05) is 54.7 Å². The maximum absolute atomic E-state index is 5.25. The van der Waals surface area contributed by atoms with Gasteiger partial charge < -0.3 is 14.0 Å². The van der Waals surface area contributed by atoms with Crippen molar-refractivity contribution in [2.45, 2.75) is 29.5 Å². The zero-order chi connectivity index (χ0) is 18.2. The summed E-state index contributed by atoms with van der Waals surface area (Å²) in [5, 5.41) is 0.458. The SMILES string of the molecule is COc1ccc(CCC(Cn2ccnc2)Sc2ccc(OC)cc2)cc1. The van der Waals surface area contributed by atoms with Gasteiger partial charge >= 0.3 is 0 Å². The average Bonchev–Trinajstić information content (AvgIpc) is 3.20. The van der Waals surface area contributed by atoms with Gasteiger partial charge in [0.25, 0.3) is 0 Å².